The molecule has 0 fully saturated rings. The summed E-state index contributed by atoms with van der Waals surface area (Å²) < 4.78 is 0. The highest BCUT2D eigenvalue weighted by molar-refractivity contribution is 5.84. The van der Waals surface area contributed by atoms with Crippen LogP contribution in [0.15, 0.2) is 58.5 Å². The lowest BCUT2D eigenvalue weighted by Gasteiger charge is -2.11. The zero-order valence-electron chi connectivity index (χ0n) is 12.7. The van der Waals surface area contributed by atoms with Crippen molar-refractivity contribution in [3.05, 3.63) is 59.7 Å². The largest absolute Gasteiger partial charge is 0.507 e. The van der Waals surface area contributed by atoms with E-state index in [4.69, 9.17) is 0 Å². The van der Waals surface area contributed by atoms with Gasteiger partial charge in [0.2, 0.25) is 0 Å². The van der Waals surface area contributed by atoms with Crippen molar-refractivity contribution in [3.63, 3.8) is 0 Å². The number of para-hydroxylation sites is 2. The normalized spacial score (nSPS) is 14.5. The van der Waals surface area contributed by atoms with Crippen molar-refractivity contribution in [1.29, 1.82) is 0 Å². The first-order valence-corrected chi connectivity index (χ1v) is 7.20. The fraction of sp³-hybridized carbons (Fsp3) is 0.222. The molecule has 0 bridgehead atoms. The van der Waals surface area contributed by atoms with Crippen molar-refractivity contribution < 1.29 is 10.2 Å². The summed E-state index contributed by atoms with van der Waals surface area (Å²) in [6, 6.07) is 14.0. The molecule has 0 saturated carbocycles. The number of nitrogens with zero attached hydrogens (tertiary/aromatic N) is 2. The molecule has 0 radical (unpaired) electrons. The fourth-order valence-electron chi connectivity index (χ4n) is 1.84. The molecule has 4 nitrogen and oxygen atoms in total. The van der Waals surface area contributed by atoms with Crippen LogP contribution in [0.2, 0.25) is 0 Å². The molecule has 0 amide bonds. The maximum atomic E-state index is 9.70. The number of phenols is 2. The number of rotatable bonds is 5. The van der Waals surface area contributed by atoms with E-state index in [0.717, 1.165) is 0 Å². The Balaban J connectivity index is 2.02. The van der Waals surface area contributed by atoms with Crippen LogP contribution in [0.3, 0.4) is 0 Å². The summed E-state index contributed by atoms with van der Waals surface area (Å²) in [4.78, 5) is 8.86. The Morgan fingerprint density at radius 2 is 1.09 bits per heavy atom. The number of aromatic hydroxyl groups is 2. The number of benzene rings is 2. The van der Waals surface area contributed by atoms with E-state index in [1.165, 1.54) is 0 Å². The zero-order chi connectivity index (χ0) is 15.9. The second-order valence-electron chi connectivity index (χ2n) is 5.16. The highest BCUT2D eigenvalue weighted by Gasteiger charge is 2.08. The summed E-state index contributed by atoms with van der Waals surface area (Å²) in [5, 5.41) is 19.4. The monoisotopic (exact) mass is 296 g/mol. The molecule has 2 aromatic carbocycles. The van der Waals surface area contributed by atoms with E-state index in [0.29, 0.717) is 11.1 Å². The van der Waals surface area contributed by atoms with Crippen LogP contribution < -0.4 is 0 Å². The Morgan fingerprint density at radius 1 is 0.727 bits per heavy atom. The third kappa shape index (κ3) is 4.19. The van der Waals surface area contributed by atoms with Crippen molar-refractivity contribution >= 4 is 12.4 Å². The van der Waals surface area contributed by atoms with Gasteiger partial charge in [-0.3, -0.25) is 9.98 Å². The first kappa shape index (κ1) is 15.8. The Bertz CT molecular complexity index is 621. The van der Waals surface area contributed by atoms with Gasteiger partial charge in [-0.25, -0.2) is 0 Å². The molecule has 0 aromatic heterocycles. The van der Waals surface area contributed by atoms with Crippen molar-refractivity contribution in [2.45, 2.75) is 25.9 Å². The Kier molecular flexibility index (Phi) is 5.31. The molecule has 0 unspecified atom stereocenters. The van der Waals surface area contributed by atoms with Crippen molar-refractivity contribution in [3.8, 4) is 11.5 Å². The predicted octanol–water partition coefficient (Wildman–Crippen LogP) is 3.41. The predicted molar refractivity (Wildman–Crippen MR) is 90.3 cm³/mol. The maximum absolute atomic E-state index is 9.70. The van der Waals surface area contributed by atoms with Crippen molar-refractivity contribution in [1.82, 2.24) is 0 Å². The van der Waals surface area contributed by atoms with Crippen LogP contribution >= 0.6 is 0 Å². The van der Waals surface area contributed by atoms with Gasteiger partial charge in [-0.1, -0.05) is 24.3 Å². The fourth-order valence-corrected chi connectivity index (χ4v) is 1.84. The molecule has 2 aromatic rings. The van der Waals surface area contributed by atoms with Gasteiger partial charge in [0.15, 0.2) is 0 Å². The quantitative estimate of drug-likeness (QED) is 0.830. The SMILES string of the molecule is C[C@@H](N=Cc1ccccc1O)[C@@H](C)N=Cc1ccccc1O. The van der Waals surface area contributed by atoms with E-state index in [1.54, 1.807) is 36.7 Å². The van der Waals surface area contributed by atoms with E-state index in [1.807, 2.05) is 38.1 Å². The standard InChI is InChI=1S/C18H20N2O2/c1-13(19-11-15-7-3-5-9-17(15)21)14(2)20-12-16-8-4-6-10-18(16)22/h3-14,21-22H,1-2H3/t13-,14-/m1/s1. The van der Waals surface area contributed by atoms with Crippen LogP contribution in [-0.4, -0.2) is 34.7 Å². The third-order valence-corrected chi connectivity index (χ3v) is 3.47. The minimum atomic E-state index is -0.0401. The maximum Gasteiger partial charge on any atom is 0.124 e. The third-order valence-electron chi connectivity index (χ3n) is 3.47. The van der Waals surface area contributed by atoms with Gasteiger partial charge < -0.3 is 10.2 Å². The summed E-state index contributed by atoms with van der Waals surface area (Å²) in [7, 11) is 0. The van der Waals surface area contributed by atoms with Crippen LogP contribution in [0.4, 0.5) is 0 Å². The van der Waals surface area contributed by atoms with Gasteiger partial charge in [-0.2, -0.15) is 0 Å². The number of phenolic OH excluding ortho intramolecular Hbond substituents is 2. The van der Waals surface area contributed by atoms with Gasteiger partial charge in [-0.15, -0.1) is 0 Å². The van der Waals surface area contributed by atoms with Gasteiger partial charge in [0.05, 0.1) is 12.1 Å². The van der Waals surface area contributed by atoms with Crippen molar-refractivity contribution in [2.24, 2.45) is 9.98 Å². The summed E-state index contributed by atoms with van der Waals surface area (Å²) >= 11 is 0. The van der Waals surface area contributed by atoms with E-state index in [9.17, 15) is 10.2 Å². The van der Waals surface area contributed by atoms with Gasteiger partial charge in [0.25, 0.3) is 0 Å². The molecule has 2 rings (SSSR count). The van der Waals surface area contributed by atoms with Gasteiger partial charge in [-0.05, 0) is 38.1 Å². The minimum absolute atomic E-state index is 0.0401. The van der Waals surface area contributed by atoms with E-state index < -0.39 is 0 Å². The molecular formula is C18H20N2O2. The minimum Gasteiger partial charge on any atom is -0.507 e. The summed E-state index contributed by atoms with van der Waals surface area (Å²) in [5.41, 5.74) is 1.37. The lowest BCUT2D eigenvalue weighted by atomic mass is 10.1. The smallest absolute Gasteiger partial charge is 0.124 e. The number of hydrogen-bond acceptors (Lipinski definition) is 4. The van der Waals surface area contributed by atoms with Gasteiger partial charge in [0.1, 0.15) is 11.5 Å². The number of hydrogen-bond donors (Lipinski definition) is 2. The highest BCUT2D eigenvalue weighted by atomic mass is 16.3. The molecule has 22 heavy (non-hydrogen) atoms. The molecular weight excluding hydrogens is 276 g/mol. The molecule has 0 aliphatic carbocycles. The lowest BCUT2D eigenvalue weighted by Crippen LogP contribution is -2.15. The Labute approximate surface area is 130 Å². The van der Waals surface area contributed by atoms with Gasteiger partial charge >= 0.3 is 0 Å². The molecule has 0 aliphatic rings. The topological polar surface area (TPSA) is 65.2 Å². The van der Waals surface area contributed by atoms with Crippen molar-refractivity contribution in [2.75, 3.05) is 0 Å². The van der Waals surface area contributed by atoms with Crippen LogP contribution in [-0.2, 0) is 0 Å². The average Bonchev–Trinajstić information content (AvgIpc) is 2.52. The van der Waals surface area contributed by atoms with Crippen LogP contribution in [0, 0.1) is 0 Å². The number of aliphatic imine (C=N–C) groups is 2. The molecule has 0 spiro atoms. The van der Waals surface area contributed by atoms with E-state index in [-0.39, 0.29) is 23.6 Å². The van der Waals surface area contributed by atoms with E-state index in [2.05, 4.69) is 9.98 Å². The summed E-state index contributed by atoms with van der Waals surface area (Å²) in [5.74, 6) is 0.424. The van der Waals surface area contributed by atoms with Crippen LogP contribution in [0.5, 0.6) is 11.5 Å². The van der Waals surface area contributed by atoms with E-state index >= 15 is 0 Å². The molecule has 0 aliphatic heterocycles. The Hall–Kier alpha value is -2.62. The first-order valence-electron chi connectivity index (χ1n) is 7.20. The molecule has 0 saturated heterocycles. The molecule has 114 valence electrons. The summed E-state index contributed by atoms with van der Waals surface area (Å²) in [6.07, 6.45) is 3.32. The second-order valence-corrected chi connectivity index (χ2v) is 5.16. The Morgan fingerprint density at radius 3 is 1.45 bits per heavy atom. The average molecular weight is 296 g/mol. The first-order chi connectivity index (χ1) is 10.6. The molecule has 2 atom stereocenters. The molecule has 4 heteroatoms. The highest BCUT2D eigenvalue weighted by Crippen LogP contribution is 2.15. The lowest BCUT2D eigenvalue weighted by molar-refractivity contribution is 0.473. The second kappa shape index (κ2) is 7.41. The van der Waals surface area contributed by atoms with Crippen LogP contribution in [0.1, 0.15) is 25.0 Å². The van der Waals surface area contributed by atoms with Gasteiger partial charge in [0, 0.05) is 23.6 Å². The molecule has 2 N–H and O–H groups in total. The van der Waals surface area contributed by atoms with Crippen LogP contribution in [0.25, 0.3) is 0 Å². The molecule has 0 heterocycles. The zero-order valence-corrected chi connectivity index (χ0v) is 12.7. The summed E-state index contributed by atoms with van der Waals surface area (Å²) in [6.45, 7) is 3.92.